The van der Waals surface area contributed by atoms with Crippen molar-refractivity contribution in [1.29, 1.82) is 0 Å². The van der Waals surface area contributed by atoms with Gasteiger partial charge in [-0.1, -0.05) is 30.3 Å². The van der Waals surface area contributed by atoms with E-state index in [1.807, 2.05) is 30.3 Å². The van der Waals surface area contributed by atoms with Gasteiger partial charge in [0.25, 0.3) is 0 Å². The van der Waals surface area contributed by atoms with E-state index in [0.29, 0.717) is 32.5 Å². The lowest BCUT2D eigenvalue weighted by Crippen LogP contribution is -2.48. The second kappa shape index (κ2) is 10.5. The van der Waals surface area contributed by atoms with E-state index in [-0.39, 0.29) is 36.4 Å². The Labute approximate surface area is 160 Å². The molecule has 2 amide bonds. The Kier molecular flexibility index (Phi) is 8.10. The third-order valence-electron chi connectivity index (χ3n) is 4.63. The molecule has 2 atom stereocenters. The zero-order valence-electron chi connectivity index (χ0n) is 16.0. The molecule has 1 aliphatic heterocycles. The number of piperidine rings is 1. The molecule has 7 heteroatoms. The number of hydrogen-bond acceptors (Lipinski definition) is 5. The highest BCUT2D eigenvalue weighted by molar-refractivity contribution is 5.81. The van der Waals surface area contributed by atoms with Crippen LogP contribution in [0.4, 0.5) is 4.79 Å². The zero-order chi connectivity index (χ0) is 19.6. The summed E-state index contributed by atoms with van der Waals surface area (Å²) in [6, 6.07) is 9.32. The number of methoxy groups -OCH3 is 1. The van der Waals surface area contributed by atoms with Crippen molar-refractivity contribution < 1.29 is 23.9 Å². The van der Waals surface area contributed by atoms with Crippen molar-refractivity contribution in [2.75, 3.05) is 26.8 Å². The number of amides is 2. The topological polar surface area (TPSA) is 84.9 Å². The van der Waals surface area contributed by atoms with Gasteiger partial charge >= 0.3 is 12.1 Å². The first-order valence-electron chi connectivity index (χ1n) is 9.36. The quantitative estimate of drug-likeness (QED) is 0.737. The smallest absolute Gasteiger partial charge is 0.409 e. The van der Waals surface area contributed by atoms with Crippen molar-refractivity contribution in [3.8, 4) is 0 Å². The van der Waals surface area contributed by atoms with Crippen LogP contribution in [-0.2, 0) is 25.5 Å². The summed E-state index contributed by atoms with van der Waals surface area (Å²) in [7, 11) is 1.34. The standard InChI is InChI=1S/C20H28N2O5/c1-3-27-20(25)22-11-7-10-16(14-22)19(24)21-17(13-18(23)26-2)12-15-8-5-4-6-9-15/h4-6,8-9,16-17H,3,7,10-14H2,1-2H3,(H,21,24)/t16-,17-/m0/s1. The van der Waals surface area contributed by atoms with Gasteiger partial charge in [0.05, 0.1) is 26.1 Å². The molecule has 0 bridgehead atoms. The predicted octanol–water partition coefficient (Wildman–Crippen LogP) is 2.15. The van der Waals surface area contributed by atoms with Crippen LogP contribution in [0.1, 0.15) is 31.7 Å². The maximum Gasteiger partial charge on any atom is 0.409 e. The fourth-order valence-corrected chi connectivity index (χ4v) is 3.25. The Morgan fingerprint density at radius 2 is 2.00 bits per heavy atom. The highest BCUT2D eigenvalue weighted by atomic mass is 16.6. The lowest BCUT2D eigenvalue weighted by molar-refractivity contribution is -0.141. The van der Waals surface area contributed by atoms with Gasteiger partial charge in [0.2, 0.25) is 5.91 Å². The normalized spacial score (nSPS) is 17.7. The van der Waals surface area contributed by atoms with Crippen LogP contribution < -0.4 is 5.32 Å². The van der Waals surface area contributed by atoms with E-state index in [0.717, 1.165) is 12.0 Å². The second-order valence-corrected chi connectivity index (χ2v) is 6.66. The first kappa shape index (κ1) is 20.7. The number of nitrogens with one attached hydrogen (secondary N) is 1. The van der Waals surface area contributed by atoms with Crippen LogP contribution in [0.15, 0.2) is 30.3 Å². The summed E-state index contributed by atoms with van der Waals surface area (Å²) in [6.07, 6.45) is 1.71. The highest BCUT2D eigenvalue weighted by Crippen LogP contribution is 2.18. The summed E-state index contributed by atoms with van der Waals surface area (Å²) in [6.45, 7) is 3.00. The largest absolute Gasteiger partial charge is 0.469 e. The molecule has 0 aromatic heterocycles. The first-order chi connectivity index (χ1) is 13.0. The monoisotopic (exact) mass is 376 g/mol. The number of rotatable bonds is 7. The molecule has 1 aromatic carbocycles. The minimum atomic E-state index is -0.384. The van der Waals surface area contributed by atoms with E-state index in [9.17, 15) is 14.4 Å². The fraction of sp³-hybridized carbons (Fsp3) is 0.550. The Balaban J connectivity index is 1.99. The van der Waals surface area contributed by atoms with Crippen molar-refractivity contribution >= 4 is 18.0 Å². The average molecular weight is 376 g/mol. The van der Waals surface area contributed by atoms with E-state index in [2.05, 4.69) is 5.32 Å². The molecule has 0 unspecified atom stereocenters. The van der Waals surface area contributed by atoms with Crippen LogP contribution in [-0.4, -0.2) is 55.7 Å². The maximum absolute atomic E-state index is 12.8. The van der Waals surface area contributed by atoms with Crippen molar-refractivity contribution in [1.82, 2.24) is 10.2 Å². The number of carbonyl (C=O) groups excluding carboxylic acids is 3. The average Bonchev–Trinajstić information content (AvgIpc) is 2.68. The van der Waals surface area contributed by atoms with Crippen molar-refractivity contribution in [3.63, 3.8) is 0 Å². The summed E-state index contributed by atoms with van der Waals surface area (Å²) < 4.78 is 9.79. The van der Waals surface area contributed by atoms with Crippen molar-refractivity contribution in [2.24, 2.45) is 5.92 Å². The summed E-state index contributed by atoms with van der Waals surface area (Å²) >= 11 is 0. The van der Waals surface area contributed by atoms with Crippen LogP contribution in [0.3, 0.4) is 0 Å². The minimum Gasteiger partial charge on any atom is -0.469 e. The summed E-state index contributed by atoms with van der Waals surface area (Å²) in [5, 5.41) is 2.97. The third kappa shape index (κ3) is 6.58. The first-order valence-corrected chi connectivity index (χ1v) is 9.36. The van der Waals surface area contributed by atoms with E-state index in [4.69, 9.17) is 9.47 Å². The number of carbonyl (C=O) groups is 3. The number of likely N-dealkylation sites (tertiary alicyclic amines) is 1. The molecule has 1 aromatic rings. The van der Waals surface area contributed by atoms with Crippen LogP contribution in [0.25, 0.3) is 0 Å². The number of hydrogen-bond donors (Lipinski definition) is 1. The van der Waals surface area contributed by atoms with E-state index in [1.165, 1.54) is 7.11 Å². The lowest BCUT2D eigenvalue weighted by Gasteiger charge is -2.32. The summed E-state index contributed by atoms with van der Waals surface area (Å²) in [5.41, 5.74) is 1.03. The van der Waals surface area contributed by atoms with E-state index >= 15 is 0 Å². The lowest BCUT2D eigenvalue weighted by atomic mass is 9.96. The molecule has 0 saturated carbocycles. The van der Waals surface area contributed by atoms with Crippen LogP contribution in [0, 0.1) is 5.92 Å². The molecule has 2 rings (SSSR count). The molecule has 1 aliphatic rings. The molecule has 1 N–H and O–H groups in total. The maximum atomic E-state index is 12.8. The molecule has 1 saturated heterocycles. The Morgan fingerprint density at radius 1 is 1.26 bits per heavy atom. The molecule has 27 heavy (non-hydrogen) atoms. The second-order valence-electron chi connectivity index (χ2n) is 6.66. The van der Waals surface area contributed by atoms with Gasteiger partial charge < -0.3 is 19.7 Å². The van der Waals surface area contributed by atoms with Crippen molar-refractivity contribution in [3.05, 3.63) is 35.9 Å². The Morgan fingerprint density at radius 3 is 2.67 bits per heavy atom. The number of esters is 1. The van der Waals surface area contributed by atoms with Crippen LogP contribution >= 0.6 is 0 Å². The third-order valence-corrected chi connectivity index (χ3v) is 4.63. The molecule has 0 aliphatic carbocycles. The molecule has 148 valence electrons. The predicted molar refractivity (Wildman–Crippen MR) is 100 cm³/mol. The SMILES string of the molecule is CCOC(=O)N1CCC[C@H](C(=O)N[C@H](CC(=O)OC)Cc2ccccc2)C1. The van der Waals surface area contributed by atoms with Crippen LogP contribution in [0.5, 0.6) is 0 Å². The summed E-state index contributed by atoms with van der Waals surface area (Å²) in [4.78, 5) is 38.0. The van der Waals surface area contributed by atoms with Gasteiger partial charge in [-0.2, -0.15) is 0 Å². The van der Waals surface area contributed by atoms with Gasteiger partial charge in [-0.3, -0.25) is 9.59 Å². The molecule has 0 spiro atoms. The Bertz CT molecular complexity index is 635. The molecular formula is C20H28N2O5. The highest BCUT2D eigenvalue weighted by Gasteiger charge is 2.30. The summed E-state index contributed by atoms with van der Waals surface area (Å²) in [5.74, 6) is -0.819. The zero-order valence-corrected chi connectivity index (χ0v) is 16.0. The number of benzene rings is 1. The number of ether oxygens (including phenoxy) is 2. The molecule has 7 nitrogen and oxygen atoms in total. The van der Waals surface area contributed by atoms with Gasteiger partial charge in [0.1, 0.15) is 0 Å². The molecular weight excluding hydrogens is 348 g/mol. The van der Waals surface area contributed by atoms with Gasteiger partial charge in [-0.05, 0) is 31.7 Å². The Hall–Kier alpha value is -2.57. The van der Waals surface area contributed by atoms with Gasteiger partial charge in [-0.25, -0.2) is 4.79 Å². The molecule has 1 heterocycles. The minimum absolute atomic E-state index is 0.103. The number of nitrogens with zero attached hydrogens (tertiary/aromatic N) is 1. The van der Waals surface area contributed by atoms with Crippen LogP contribution in [0.2, 0.25) is 0 Å². The van der Waals surface area contributed by atoms with Gasteiger partial charge in [-0.15, -0.1) is 0 Å². The molecule has 0 radical (unpaired) electrons. The van der Waals surface area contributed by atoms with E-state index < -0.39 is 0 Å². The fourth-order valence-electron chi connectivity index (χ4n) is 3.25. The molecule has 1 fully saturated rings. The van der Waals surface area contributed by atoms with Gasteiger partial charge in [0.15, 0.2) is 0 Å². The van der Waals surface area contributed by atoms with Gasteiger partial charge in [0, 0.05) is 19.1 Å². The van der Waals surface area contributed by atoms with E-state index in [1.54, 1.807) is 11.8 Å². The van der Waals surface area contributed by atoms with Crippen molar-refractivity contribution in [2.45, 2.75) is 38.6 Å².